The van der Waals surface area contributed by atoms with E-state index in [2.05, 4.69) is 27.7 Å². The zero-order valence-corrected chi connectivity index (χ0v) is 18.5. The molecule has 2 aromatic heterocycles. The van der Waals surface area contributed by atoms with Crippen molar-refractivity contribution in [1.29, 1.82) is 0 Å². The number of amides is 1. The first kappa shape index (κ1) is 21.8. The van der Waals surface area contributed by atoms with E-state index in [9.17, 15) is 14.7 Å². The Balaban J connectivity index is 1.21. The van der Waals surface area contributed by atoms with Crippen LogP contribution in [0.5, 0.6) is 0 Å². The highest BCUT2D eigenvalue weighted by molar-refractivity contribution is 7.12. The van der Waals surface area contributed by atoms with Gasteiger partial charge in [-0.25, -0.2) is 9.78 Å². The summed E-state index contributed by atoms with van der Waals surface area (Å²) in [4.78, 5) is 31.4. The molecule has 2 aliphatic heterocycles. The molecule has 0 radical (unpaired) electrons. The van der Waals surface area contributed by atoms with Crippen molar-refractivity contribution in [2.24, 2.45) is 5.92 Å². The maximum Gasteiger partial charge on any atom is 0.326 e. The summed E-state index contributed by atoms with van der Waals surface area (Å²) in [6.45, 7) is 3.65. The molecule has 3 N–H and O–H groups in total. The molecule has 1 unspecified atom stereocenters. The molecule has 8 heteroatoms. The number of thiophene rings is 1. The Morgan fingerprint density at radius 2 is 2.26 bits per heavy atom. The van der Waals surface area contributed by atoms with Gasteiger partial charge in [0.25, 0.3) is 5.91 Å². The molecule has 0 bridgehead atoms. The molecule has 1 fully saturated rings. The van der Waals surface area contributed by atoms with Crippen LogP contribution in [-0.2, 0) is 17.6 Å². The minimum absolute atomic E-state index is 0.311. The van der Waals surface area contributed by atoms with E-state index in [1.807, 2.05) is 5.38 Å². The van der Waals surface area contributed by atoms with Crippen LogP contribution >= 0.6 is 11.3 Å². The summed E-state index contributed by atoms with van der Waals surface area (Å²) in [7, 11) is 0. The van der Waals surface area contributed by atoms with E-state index in [0.717, 1.165) is 56.8 Å². The van der Waals surface area contributed by atoms with Gasteiger partial charge in [0, 0.05) is 25.3 Å². The van der Waals surface area contributed by atoms with E-state index in [4.69, 9.17) is 4.98 Å². The van der Waals surface area contributed by atoms with Crippen LogP contribution in [0.4, 0.5) is 5.82 Å². The van der Waals surface area contributed by atoms with Crippen molar-refractivity contribution in [2.45, 2.75) is 44.6 Å². The SMILES string of the molecule is O=C(NC(CCN1CC[C@@H](CCc2ccc3c(n2)NCCC3)C1)C(=O)O)c1cccs1. The number of carboxylic acid groups (broad SMARTS) is 1. The van der Waals surface area contributed by atoms with Gasteiger partial charge < -0.3 is 20.6 Å². The molecule has 7 nitrogen and oxygen atoms in total. The summed E-state index contributed by atoms with van der Waals surface area (Å²) in [5.74, 6) is 0.373. The molecule has 0 aromatic carbocycles. The van der Waals surface area contributed by atoms with Crippen LogP contribution in [0.15, 0.2) is 29.6 Å². The topological polar surface area (TPSA) is 94.6 Å². The van der Waals surface area contributed by atoms with Gasteiger partial charge in [-0.3, -0.25) is 4.79 Å². The van der Waals surface area contributed by atoms with Crippen LogP contribution in [0, 0.1) is 5.92 Å². The highest BCUT2D eigenvalue weighted by Gasteiger charge is 2.26. The standard InChI is InChI=1S/C23H30N4O3S/c28-22(20-4-2-14-31-20)26-19(23(29)30)10-13-27-12-9-16(15-27)5-7-18-8-6-17-3-1-11-24-21(17)25-18/h2,4,6,8,14,16,19H,1,3,5,7,9-13,15H2,(H,24,25)(H,26,28)(H,29,30)/t16-,19?/m1/s1. The first-order valence-electron chi connectivity index (χ1n) is 11.1. The van der Waals surface area contributed by atoms with E-state index in [1.165, 1.54) is 23.3 Å². The van der Waals surface area contributed by atoms with Gasteiger partial charge >= 0.3 is 5.97 Å². The lowest BCUT2D eigenvalue weighted by molar-refractivity contribution is -0.139. The maximum absolute atomic E-state index is 12.2. The van der Waals surface area contributed by atoms with Crippen LogP contribution in [0.1, 0.15) is 46.6 Å². The van der Waals surface area contributed by atoms with Crippen molar-refractivity contribution in [3.63, 3.8) is 0 Å². The molecule has 2 atom stereocenters. The molecule has 2 aromatic rings. The molecule has 4 rings (SSSR count). The molecule has 2 aliphatic rings. The second-order valence-corrected chi connectivity index (χ2v) is 9.41. The van der Waals surface area contributed by atoms with Gasteiger partial charge in [0.2, 0.25) is 0 Å². The largest absolute Gasteiger partial charge is 0.480 e. The molecule has 0 spiro atoms. The number of carbonyl (C=O) groups excluding carboxylic acids is 1. The Morgan fingerprint density at radius 3 is 3.06 bits per heavy atom. The summed E-state index contributed by atoms with van der Waals surface area (Å²) in [6.07, 6.45) is 5.90. The van der Waals surface area contributed by atoms with E-state index in [1.54, 1.807) is 12.1 Å². The quantitative estimate of drug-likeness (QED) is 0.553. The second kappa shape index (κ2) is 10.2. The number of likely N-dealkylation sites (tertiary alicyclic amines) is 1. The molecular weight excluding hydrogens is 412 g/mol. The minimum atomic E-state index is -0.979. The van der Waals surface area contributed by atoms with Crippen LogP contribution in [-0.4, -0.2) is 59.1 Å². The average molecular weight is 443 g/mol. The highest BCUT2D eigenvalue weighted by Crippen LogP contribution is 2.24. The van der Waals surface area contributed by atoms with Gasteiger partial charge in [0.1, 0.15) is 11.9 Å². The number of aliphatic carboxylic acids is 1. The third kappa shape index (κ3) is 5.83. The summed E-state index contributed by atoms with van der Waals surface area (Å²) in [5, 5.41) is 17.4. The van der Waals surface area contributed by atoms with Crippen molar-refractivity contribution in [1.82, 2.24) is 15.2 Å². The van der Waals surface area contributed by atoms with Crippen LogP contribution < -0.4 is 10.6 Å². The fraction of sp³-hybridized carbons (Fsp3) is 0.522. The van der Waals surface area contributed by atoms with Gasteiger partial charge in [0.15, 0.2) is 0 Å². The van der Waals surface area contributed by atoms with Crippen LogP contribution in [0.3, 0.4) is 0 Å². The number of hydrogen-bond donors (Lipinski definition) is 3. The summed E-state index contributed by atoms with van der Waals surface area (Å²) in [5.41, 5.74) is 2.47. The predicted molar refractivity (Wildman–Crippen MR) is 122 cm³/mol. The molecule has 31 heavy (non-hydrogen) atoms. The number of rotatable bonds is 9. The Hall–Kier alpha value is -2.45. The summed E-state index contributed by atoms with van der Waals surface area (Å²) < 4.78 is 0. The van der Waals surface area contributed by atoms with Gasteiger partial charge in [-0.05, 0) is 74.1 Å². The number of fused-ring (bicyclic) bond motifs is 1. The molecule has 1 amide bonds. The lowest BCUT2D eigenvalue weighted by Gasteiger charge is -2.20. The third-order valence-electron chi connectivity index (χ3n) is 6.21. The predicted octanol–water partition coefficient (Wildman–Crippen LogP) is 3.03. The Kier molecular flexibility index (Phi) is 7.19. The Bertz CT molecular complexity index is 902. The van der Waals surface area contributed by atoms with Crippen molar-refractivity contribution >= 4 is 29.0 Å². The highest BCUT2D eigenvalue weighted by atomic mass is 32.1. The number of aromatic nitrogens is 1. The average Bonchev–Trinajstić information content (AvgIpc) is 3.47. The smallest absolute Gasteiger partial charge is 0.326 e. The lowest BCUT2D eigenvalue weighted by atomic mass is 10.00. The number of aryl methyl sites for hydroxylation is 2. The number of pyridine rings is 1. The summed E-state index contributed by atoms with van der Waals surface area (Å²) in [6, 6.07) is 7.00. The Morgan fingerprint density at radius 1 is 1.35 bits per heavy atom. The number of carbonyl (C=O) groups is 2. The van der Waals surface area contributed by atoms with Gasteiger partial charge in [-0.1, -0.05) is 12.1 Å². The number of hydrogen-bond acceptors (Lipinski definition) is 6. The zero-order chi connectivity index (χ0) is 21.6. The van der Waals surface area contributed by atoms with Crippen molar-refractivity contribution in [2.75, 3.05) is 31.5 Å². The molecule has 0 aliphatic carbocycles. The van der Waals surface area contributed by atoms with E-state index in [-0.39, 0.29) is 5.91 Å². The monoisotopic (exact) mass is 442 g/mol. The van der Waals surface area contributed by atoms with Crippen LogP contribution in [0.25, 0.3) is 0 Å². The zero-order valence-electron chi connectivity index (χ0n) is 17.7. The van der Waals surface area contributed by atoms with Crippen molar-refractivity contribution in [3.05, 3.63) is 45.8 Å². The minimum Gasteiger partial charge on any atom is -0.480 e. The van der Waals surface area contributed by atoms with E-state index >= 15 is 0 Å². The van der Waals surface area contributed by atoms with E-state index < -0.39 is 12.0 Å². The fourth-order valence-electron chi connectivity index (χ4n) is 4.42. The first-order valence-corrected chi connectivity index (χ1v) is 12.0. The van der Waals surface area contributed by atoms with Crippen molar-refractivity contribution in [3.8, 4) is 0 Å². The Labute approximate surface area is 186 Å². The van der Waals surface area contributed by atoms with Gasteiger partial charge in [-0.2, -0.15) is 0 Å². The van der Waals surface area contributed by atoms with E-state index in [0.29, 0.717) is 23.8 Å². The van der Waals surface area contributed by atoms with Crippen molar-refractivity contribution < 1.29 is 14.7 Å². The van der Waals surface area contributed by atoms with Crippen LogP contribution in [0.2, 0.25) is 0 Å². The maximum atomic E-state index is 12.2. The lowest BCUT2D eigenvalue weighted by Crippen LogP contribution is -2.42. The molecule has 4 heterocycles. The van der Waals surface area contributed by atoms with Gasteiger partial charge in [0.05, 0.1) is 4.88 Å². The number of nitrogens with one attached hydrogen (secondary N) is 2. The summed E-state index contributed by atoms with van der Waals surface area (Å²) >= 11 is 1.32. The number of anilines is 1. The normalized spacial score (nSPS) is 19.4. The molecule has 166 valence electrons. The first-order chi connectivity index (χ1) is 15.1. The van der Waals surface area contributed by atoms with Gasteiger partial charge in [-0.15, -0.1) is 11.3 Å². The number of carboxylic acids is 1. The third-order valence-corrected chi connectivity index (χ3v) is 7.08. The number of nitrogens with zero attached hydrogens (tertiary/aromatic N) is 2. The molecular formula is C23H30N4O3S. The fourth-order valence-corrected chi connectivity index (χ4v) is 5.04. The molecule has 0 saturated carbocycles. The molecule has 1 saturated heterocycles. The second-order valence-electron chi connectivity index (χ2n) is 8.46.